The van der Waals surface area contributed by atoms with Crippen LogP contribution < -0.4 is 18.9 Å². The van der Waals surface area contributed by atoms with Crippen molar-refractivity contribution in [1.29, 1.82) is 0 Å². The highest BCUT2D eigenvalue weighted by atomic mass is 32.2. The number of benzene rings is 2. The van der Waals surface area contributed by atoms with Crippen LogP contribution in [0.4, 0.5) is 0 Å². The summed E-state index contributed by atoms with van der Waals surface area (Å²) in [5, 5.41) is 0. The third-order valence-electron chi connectivity index (χ3n) is 6.33. The molecule has 0 bridgehead atoms. The molecule has 0 aromatic heterocycles. The number of hydrogen-bond acceptors (Lipinski definition) is 8. The van der Waals surface area contributed by atoms with Crippen molar-refractivity contribution in [2.45, 2.75) is 57.8 Å². The second-order valence-electron chi connectivity index (χ2n) is 9.02. The standard InChI is InChI=1S/C27H40N2O8S2/c1-7-34-22-18-26(24(36-9-3)16-20(22)5)38(30,31)28-12-11-13-29(15-14-28)39(32,33)27-19-23(35-8-2)21(6)17-25(27)37-10-4/h16-19H,7-15H2,1-6H3. The van der Waals surface area contributed by atoms with Crippen LogP contribution in [-0.2, 0) is 20.0 Å². The quantitative estimate of drug-likeness (QED) is 0.368. The summed E-state index contributed by atoms with van der Waals surface area (Å²) in [4.78, 5) is 0.0152. The van der Waals surface area contributed by atoms with E-state index in [9.17, 15) is 16.8 Å². The molecule has 1 saturated heterocycles. The molecular formula is C27H40N2O8S2. The second kappa shape index (κ2) is 13.2. The Kier molecular flexibility index (Phi) is 10.5. The number of nitrogens with zero attached hydrogens (tertiary/aromatic N) is 2. The maximum Gasteiger partial charge on any atom is 0.246 e. The fourth-order valence-corrected chi connectivity index (χ4v) is 7.67. The topological polar surface area (TPSA) is 112 Å². The molecule has 2 aromatic carbocycles. The summed E-state index contributed by atoms with van der Waals surface area (Å²) in [7, 11) is -8.01. The lowest BCUT2D eigenvalue weighted by Gasteiger charge is -2.24. The first kappa shape index (κ1) is 31.0. The van der Waals surface area contributed by atoms with Gasteiger partial charge in [0, 0.05) is 38.3 Å². The molecule has 2 aromatic rings. The van der Waals surface area contributed by atoms with Crippen LogP contribution in [0.3, 0.4) is 0 Å². The highest BCUT2D eigenvalue weighted by Gasteiger charge is 2.35. The van der Waals surface area contributed by atoms with Crippen molar-refractivity contribution in [3.63, 3.8) is 0 Å². The van der Waals surface area contributed by atoms with Gasteiger partial charge in [-0.3, -0.25) is 0 Å². The van der Waals surface area contributed by atoms with Gasteiger partial charge >= 0.3 is 0 Å². The van der Waals surface area contributed by atoms with Gasteiger partial charge in [-0.05, 0) is 71.2 Å². The maximum atomic E-state index is 13.8. The minimum Gasteiger partial charge on any atom is -0.494 e. The number of hydrogen-bond donors (Lipinski definition) is 0. The van der Waals surface area contributed by atoms with Gasteiger partial charge in [-0.2, -0.15) is 8.61 Å². The highest BCUT2D eigenvalue weighted by Crippen LogP contribution is 2.36. The van der Waals surface area contributed by atoms with Gasteiger partial charge in [-0.1, -0.05) is 0 Å². The smallest absolute Gasteiger partial charge is 0.246 e. The van der Waals surface area contributed by atoms with Crippen LogP contribution in [0.1, 0.15) is 45.2 Å². The van der Waals surface area contributed by atoms with E-state index in [2.05, 4.69) is 0 Å². The Hall–Kier alpha value is -2.54. The van der Waals surface area contributed by atoms with E-state index in [1.807, 2.05) is 27.7 Å². The molecule has 1 heterocycles. The van der Waals surface area contributed by atoms with E-state index in [-0.39, 0.29) is 47.5 Å². The van der Waals surface area contributed by atoms with Crippen LogP contribution in [0.5, 0.6) is 23.0 Å². The van der Waals surface area contributed by atoms with Crippen LogP contribution in [-0.4, -0.2) is 78.1 Å². The zero-order valence-corrected chi connectivity index (χ0v) is 25.3. The fraction of sp³-hybridized carbons (Fsp3) is 0.556. The molecular weight excluding hydrogens is 544 g/mol. The molecule has 0 atom stereocenters. The van der Waals surface area contributed by atoms with Crippen LogP contribution in [0.15, 0.2) is 34.1 Å². The van der Waals surface area contributed by atoms with Gasteiger partial charge < -0.3 is 18.9 Å². The predicted molar refractivity (Wildman–Crippen MR) is 149 cm³/mol. The zero-order valence-electron chi connectivity index (χ0n) is 23.7. The predicted octanol–water partition coefficient (Wildman–Crippen LogP) is 3.98. The molecule has 39 heavy (non-hydrogen) atoms. The molecule has 0 saturated carbocycles. The first-order valence-electron chi connectivity index (χ1n) is 13.3. The van der Waals surface area contributed by atoms with Crippen LogP contribution in [0.2, 0.25) is 0 Å². The highest BCUT2D eigenvalue weighted by molar-refractivity contribution is 7.89. The lowest BCUT2D eigenvalue weighted by molar-refractivity contribution is 0.318. The molecule has 218 valence electrons. The average molecular weight is 585 g/mol. The zero-order chi connectivity index (χ0) is 28.8. The summed E-state index contributed by atoms with van der Waals surface area (Å²) in [6.45, 7) is 12.6. The number of sulfonamides is 2. The molecule has 0 N–H and O–H groups in total. The van der Waals surface area contributed by atoms with E-state index in [1.54, 1.807) is 26.0 Å². The van der Waals surface area contributed by atoms with E-state index in [0.717, 1.165) is 11.1 Å². The second-order valence-corrected chi connectivity index (χ2v) is 12.8. The number of rotatable bonds is 12. The first-order chi connectivity index (χ1) is 18.5. The van der Waals surface area contributed by atoms with Crippen molar-refractivity contribution in [3.05, 3.63) is 35.4 Å². The van der Waals surface area contributed by atoms with Gasteiger partial charge in [0.2, 0.25) is 20.0 Å². The minimum atomic E-state index is -4.00. The summed E-state index contributed by atoms with van der Waals surface area (Å²) in [6.07, 6.45) is 0.320. The summed E-state index contributed by atoms with van der Waals surface area (Å²) >= 11 is 0. The molecule has 1 aliphatic heterocycles. The van der Waals surface area contributed by atoms with Gasteiger partial charge in [0.15, 0.2) is 0 Å². The Labute approximate surface area is 232 Å². The summed E-state index contributed by atoms with van der Waals surface area (Å²) in [5.41, 5.74) is 1.53. The largest absolute Gasteiger partial charge is 0.494 e. The molecule has 1 aliphatic rings. The van der Waals surface area contributed by atoms with Crippen molar-refractivity contribution in [2.75, 3.05) is 52.6 Å². The number of ether oxygens (including phenoxy) is 4. The third-order valence-corrected chi connectivity index (χ3v) is 10.2. The molecule has 12 heteroatoms. The SMILES string of the molecule is CCOc1cc(S(=O)(=O)N2CCCN(S(=O)(=O)c3cc(OCC)c(C)cc3OCC)CC2)c(OCC)cc1C. The normalized spacial score (nSPS) is 15.5. The third kappa shape index (κ3) is 6.79. The molecule has 0 aliphatic carbocycles. The lowest BCUT2D eigenvalue weighted by atomic mass is 10.2. The van der Waals surface area contributed by atoms with Crippen LogP contribution in [0.25, 0.3) is 0 Å². The molecule has 0 spiro atoms. The molecule has 1 fully saturated rings. The summed E-state index contributed by atoms with van der Waals surface area (Å²) in [6, 6.07) is 6.32. The van der Waals surface area contributed by atoms with Crippen molar-refractivity contribution in [2.24, 2.45) is 0 Å². The fourth-order valence-electron chi connectivity index (χ4n) is 4.48. The Morgan fingerprint density at radius 2 is 0.897 bits per heavy atom. The van der Waals surface area contributed by atoms with Crippen molar-refractivity contribution < 1.29 is 35.8 Å². The monoisotopic (exact) mass is 584 g/mol. The van der Waals surface area contributed by atoms with E-state index in [4.69, 9.17) is 18.9 Å². The summed E-state index contributed by atoms with van der Waals surface area (Å²) in [5.74, 6) is 1.42. The number of aryl methyl sites for hydroxylation is 2. The van der Waals surface area contributed by atoms with Crippen molar-refractivity contribution >= 4 is 20.0 Å². The molecule has 0 radical (unpaired) electrons. The first-order valence-corrected chi connectivity index (χ1v) is 16.2. The molecule has 0 unspecified atom stereocenters. The Morgan fingerprint density at radius 3 is 1.23 bits per heavy atom. The Morgan fingerprint density at radius 1 is 0.564 bits per heavy atom. The van der Waals surface area contributed by atoms with Crippen LogP contribution in [0, 0.1) is 13.8 Å². The van der Waals surface area contributed by atoms with E-state index in [0.29, 0.717) is 44.3 Å². The molecule has 10 nitrogen and oxygen atoms in total. The van der Waals surface area contributed by atoms with Crippen LogP contribution >= 0.6 is 0 Å². The Bertz CT molecular complexity index is 1260. The van der Waals surface area contributed by atoms with E-state index >= 15 is 0 Å². The van der Waals surface area contributed by atoms with Crippen molar-refractivity contribution in [1.82, 2.24) is 8.61 Å². The maximum absolute atomic E-state index is 13.8. The van der Waals surface area contributed by atoms with Gasteiger partial charge in [0.25, 0.3) is 0 Å². The van der Waals surface area contributed by atoms with Crippen molar-refractivity contribution in [3.8, 4) is 23.0 Å². The van der Waals surface area contributed by atoms with E-state index in [1.165, 1.54) is 20.7 Å². The van der Waals surface area contributed by atoms with E-state index < -0.39 is 20.0 Å². The average Bonchev–Trinajstić information content (AvgIpc) is 3.15. The summed E-state index contributed by atoms with van der Waals surface area (Å²) < 4.78 is 80.5. The van der Waals surface area contributed by atoms with Gasteiger partial charge in [-0.15, -0.1) is 0 Å². The lowest BCUT2D eigenvalue weighted by Crippen LogP contribution is -2.37. The Balaban J connectivity index is 1.94. The molecule has 3 rings (SSSR count). The van der Waals surface area contributed by atoms with Gasteiger partial charge in [-0.25, -0.2) is 16.8 Å². The minimum absolute atomic E-state index is 0.00762. The molecule has 0 amide bonds. The van der Waals surface area contributed by atoms with Gasteiger partial charge in [0.05, 0.1) is 26.4 Å². The van der Waals surface area contributed by atoms with Gasteiger partial charge in [0.1, 0.15) is 32.8 Å².